The van der Waals surface area contributed by atoms with Crippen molar-refractivity contribution in [3.63, 3.8) is 0 Å². The van der Waals surface area contributed by atoms with Crippen molar-refractivity contribution in [3.8, 4) is 0 Å². The Morgan fingerprint density at radius 2 is 1.13 bits per heavy atom. The Morgan fingerprint density at radius 3 is 1.66 bits per heavy atom. The monoisotopic (exact) mass is 664 g/mol. The third-order valence-corrected chi connectivity index (χ3v) is 8.55. The van der Waals surface area contributed by atoms with E-state index in [1.807, 2.05) is 20.8 Å². The van der Waals surface area contributed by atoms with Crippen LogP contribution in [0, 0.1) is 17.8 Å². The van der Waals surface area contributed by atoms with Gasteiger partial charge in [0.05, 0.1) is 48.8 Å². The molecule has 0 aliphatic carbocycles. The van der Waals surface area contributed by atoms with E-state index in [4.69, 9.17) is 4.74 Å². The maximum absolute atomic E-state index is 12.5. The summed E-state index contributed by atoms with van der Waals surface area (Å²) < 4.78 is 5.74. The van der Waals surface area contributed by atoms with Crippen LogP contribution in [0.3, 0.4) is 0 Å². The lowest BCUT2D eigenvalue weighted by Gasteiger charge is -2.27. The third kappa shape index (κ3) is 19.2. The Morgan fingerprint density at radius 1 is 0.660 bits per heavy atom. The van der Waals surface area contributed by atoms with Gasteiger partial charge in [-0.2, -0.15) is 0 Å². The smallest absolute Gasteiger partial charge is 0.331 e. The zero-order chi connectivity index (χ0) is 35.4. The van der Waals surface area contributed by atoms with Gasteiger partial charge in [0.2, 0.25) is 0 Å². The first-order valence-electron chi connectivity index (χ1n) is 16.9. The molecule has 0 saturated carbocycles. The topological polar surface area (TPSA) is 188 Å². The minimum absolute atomic E-state index is 0.0516. The van der Waals surface area contributed by atoms with Gasteiger partial charge in [0.1, 0.15) is 6.10 Å². The molecule has 12 atom stereocenters. The molecule has 8 N–H and O–H groups in total. The molecule has 0 aromatic heterocycles. The fraction of sp³-hybridized carbons (Fsp3) is 0.649. The minimum Gasteiger partial charge on any atom is -0.458 e. The van der Waals surface area contributed by atoms with E-state index < -0.39 is 66.8 Å². The zero-order valence-corrected chi connectivity index (χ0v) is 28.4. The Kier molecular flexibility index (Phi) is 21.6. The molecule has 1 rings (SSSR count). The molecule has 0 radical (unpaired) electrons. The standard InChI is InChI=1S/C37H60O10/c1-5-25(2)37-26(3)17-18-28(38)19-29(39)20-30(40)21-31(41)22-32(42)23-33(43)24-35(45)27(4)34(44)15-13-11-9-7-6-8-10-12-14-16-36(46)47-37/h6-14,16-18,25-35,37-45H,5,15,19-24H2,1-4H3/b8-6+,9-7+,12-10+,13-11+,16-14+,18-17+/t25-,26-,27-,28-,29-,30+,31-,32+,33-,34-,35-,37+/m0/s1. The van der Waals surface area contributed by atoms with Crippen LogP contribution in [0.4, 0.5) is 0 Å². The predicted octanol–water partition coefficient (Wildman–Crippen LogP) is 3.19. The fourth-order valence-electron chi connectivity index (χ4n) is 5.44. The molecule has 0 bridgehead atoms. The van der Waals surface area contributed by atoms with Crippen molar-refractivity contribution >= 4 is 5.97 Å². The maximum atomic E-state index is 12.5. The van der Waals surface area contributed by atoms with Gasteiger partial charge in [-0.05, 0) is 44.4 Å². The van der Waals surface area contributed by atoms with E-state index in [2.05, 4.69) is 0 Å². The quantitative estimate of drug-likeness (QED) is 0.161. The molecule has 1 aliphatic rings. The van der Waals surface area contributed by atoms with E-state index in [1.54, 1.807) is 67.7 Å². The lowest BCUT2D eigenvalue weighted by Crippen LogP contribution is -2.34. The number of rotatable bonds is 2. The largest absolute Gasteiger partial charge is 0.458 e. The van der Waals surface area contributed by atoms with Crippen LogP contribution < -0.4 is 0 Å². The van der Waals surface area contributed by atoms with Crippen molar-refractivity contribution in [2.75, 3.05) is 0 Å². The summed E-state index contributed by atoms with van der Waals surface area (Å²) in [6.07, 6.45) is 12.2. The average molecular weight is 665 g/mol. The van der Waals surface area contributed by atoms with E-state index >= 15 is 0 Å². The molecule has 0 aromatic carbocycles. The normalized spacial score (nSPS) is 40.3. The van der Waals surface area contributed by atoms with Crippen LogP contribution in [0.15, 0.2) is 72.9 Å². The highest BCUT2D eigenvalue weighted by Gasteiger charge is 2.27. The summed E-state index contributed by atoms with van der Waals surface area (Å²) in [5.74, 6) is -1.19. The van der Waals surface area contributed by atoms with E-state index in [1.165, 1.54) is 12.2 Å². The first kappa shape index (κ1) is 42.6. The zero-order valence-electron chi connectivity index (χ0n) is 28.4. The molecule has 10 nitrogen and oxygen atoms in total. The van der Waals surface area contributed by atoms with Crippen molar-refractivity contribution in [2.24, 2.45) is 17.8 Å². The summed E-state index contributed by atoms with van der Waals surface area (Å²) in [7, 11) is 0. The Labute approximate surface area is 280 Å². The second-order valence-electron chi connectivity index (χ2n) is 13.0. The van der Waals surface area contributed by atoms with E-state index in [9.17, 15) is 45.6 Å². The number of aliphatic hydroxyl groups excluding tert-OH is 8. The highest BCUT2D eigenvalue weighted by atomic mass is 16.5. The van der Waals surface area contributed by atoms with Gasteiger partial charge in [0.15, 0.2) is 0 Å². The molecule has 0 saturated heterocycles. The van der Waals surface area contributed by atoms with E-state index in [-0.39, 0.29) is 50.4 Å². The molecule has 10 heteroatoms. The number of hydrogen-bond donors (Lipinski definition) is 8. The lowest BCUT2D eigenvalue weighted by atomic mass is 9.90. The van der Waals surface area contributed by atoms with Gasteiger partial charge in [-0.1, -0.05) is 101 Å². The molecular weight excluding hydrogens is 604 g/mol. The molecule has 1 heterocycles. The summed E-state index contributed by atoms with van der Waals surface area (Å²) in [6, 6.07) is 0. The van der Waals surface area contributed by atoms with Crippen LogP contribution in [-0.2, 0) is 9.53 Å². The summed E-state index contributed by atoms with van der Waals surface area (Å²) in [4.78, 5) is 12.5. The van der Waals surface area contributed by atoms with Gasteiger partial charge in [-0.25, -0.2) is 4.79 Å². The van der Waals surface area contributed by atoms with Crippen LogP contribution in [0.1, 0.15) is 79.1 Å². The van der Waals surface area contributed by atoms with Gasteiger partial charge in [0, 0.05) is 24.3 Å². The lowest BCUT2D eigenvalue weighted by molar-refractivity contribution is -0.147. The van der Waals surface area contributed by atoms with Crippen LogP contribution in [0.5, 0.6) is 0 Å². The summed E-state index contributed by atoms with van der Waals surface area (Å²) in [6.45, 7) is 7.55. The number of ether oxygens (including phenoxy) is 1. The van der Waals surface area contributed by atoms with Crippen LogP contribution in [0.25, 0.3) is 0 Å². The first-order chi connectivity index (χ1) is 22.2. The Bertz CT molecular complexity index is 1030. The molecule has 47 heavy (non-hydrogen) atoms. The highest BCUT2D eigenvalue weighted by molar-refractivity contribution is 5.82. The number of carbonyl (C=O) groups is 1. The van der Waals surface area contributed by atoms with Gasteiger partial charge < -0.3 is 45.6 Å². The molecule has 0 spiro atoms. The summed E-state index contributed by atoms with van der Waals surface area (Å²) in [5, 5.41) is 83.4. The highest BCUT2D eigenvalue weighted by Crippen LogP contribution is 2.23. The van der Waals surface area contributed by atoms with Crippen LogP contribution >= 0.6 is 0 Å². The van der Waals surface area contributed by atoms with Crippen molar-refractivity contribution in [1.82, 2.24) is 0 Å². The van der Waals surface area contributed by atoms with Gasteiger partial charge in [0.25, 0.3) is 0 Å². The Balaban J connectivity index is 3.01. The molecule has 0 aromatic rings. The first-order valence-corrected chi connectivity index (χ1v) is 16.9. The molecule has 1 aliphatic heterocycles. The van der Waals surface area contributed by atoms with Crippen LogP contribution in [-0.4, -0.2) is 102 Å². The maximum Gasteiger partial charge on any atom is 0.331 e. The fourth-order valence-corrected chi connectivity index (χ4v) is 5.44. The Hall–Kier alpha value is -2.41. The van der Waals surface area contributed by atoms with Crippen LogP contribution in [0.2, 0.25) is 0 Å². The van der Waals surface area contributed by atoms with Gasteiger partial charge in [-0.3, -0.25) is 0 Å². The predicted molar refractivity (Wildman–Crippen MR) is 183 cm³/mol. The van der Waals surface area contributed by atoms with Gasteiger partial charge >= 0.3 is 5.97 Å². The minimum atomic E-state index is -1.10. The van der Waals surface area contributed by atoms with Crippen molar-refractivity contribution in [3.05, 3.63) is 72.9 Å². The molecule has 0 fully saturated rings. The molecular formula is C37H60O10. The SMILES string of the molecule is CC[C@H](C)[C@H]1OC(=O)/C=C/C=C/C=C/C=C/C=C/C[C@H](O)[C@H](C)[C@@H](O)C[C@@H](O)C[C@H](O)C[C@@H](O)C[C@H](O)C[C@@H](O)C[C@@H](O)/C=C/[C@@H]1C. The number of aliphatic hydroxyl groups is 8. The number of esters is 1. The van der Waals surface area contributed by atoms with Crippen molar-refractivity contribution in [2.45, 2.75) is 134 Å². The summed E-state index contributed by atoms with van der Waals surface area (Å²) >= 11 is 0. The number of allylic oxidation sites excluding steroid dienone is 8. The molecule has 0 unspecified atom stereocenters. The third-order valence-electron chi connectivity index (χ3n) is 8.55. The average Bonchev–Trinajstić information content (AvgIpc) is 2.99. The second-order valence-corrected chi connectivity index (χ2v) is 13.0. The second kappa shape index (κ2) is 23.8. The van der Waals surface area contributed by atoms with Crippen molar-refractivity contribution in [1.29, 1.82) is 0 Å². The van der Waals surface area contributed by atoms with Crippen molar-refractivity contribution < 1.29 is 50.4 Å². The number of hydrogen-bond acceptors (Lipinski definition) is 10. The number of carbonyl (C=O) groups excluding carboxylic acids is 1. The summed E-state index contributed by atoms with van der Waals surface area (Å²) in [5.41, 5.74) is 0. The molecule has 0 amide bonds. The number of cyclic esters (lactones) is 1. The van der Waals surface area contributed by atoms with Gasteiger partial charge in [-0.15, -0.1) is 0 Å². The molecule has 268 valence electrons. The van der Waals surface area contributed by atoms with E-state index in [0.29, 0.717) is 6.42 Å². The van der Waals surface area contributed by atoms with E-state index in [0.717, 1.165) is 6.42 Å².